The molecule has 0 bridgehead atoms. The largest absolute Gasteiger partial charge is 0.0840 e. The second-order valence-electron chi connectivity index (χ2n) is 5.14. The number of rotatable bonds is 1. The lowest BCUT2D eigenvalue weighted by Crippen LogP contribution is -2.20. The molecule has 0 aromatic heterocycles. The SMILES string of the molecule is CCC1CC=CC(C)=C2C(C)=CC=C(C)C21. The molecule has 2 aliphatic carbocycles. The molecule has 0 fully saturated rings. The first-order chi connectivity index (χ1) is 7.65. The third-order valence-electron chi connectivity index (χ3n) is 4.05. The summed E-state index contributed by atoms with van der Waals surface area (Å²) >= 11 is 0. The van der Waals surface area contributed by atoms with Crippen molar-refractivity contribution in [2.45, 2.75) is 40.5 Å². The van der Waals surface area contributed by atoms with Gasteiger partial charge in [0.25, 0.3) is 0 Å². The lowest BCUT2D eigenvalue weighted by Gasteiger charge is -2.31. The van der Waals surface area contributed by atoms with Gasteiger partial charge in [-0.1, -0.05) is 43.2 Å². The molecule has 2 unspecified atom stereocenters. The van der Waals surface area contributed by atoms with Crippen LogP contribution in [-0.4, -0.2) is 0 Å². The predicted molar refractivity (Wildman–Crippen MR) is 71.2 cm³/mol. The molecule has 0 N–H and O–H groups in total. The van der Waals surface area contributed by atoms with Crippen LogP contribution in [0.4, 0.5) is 0 Å². The minimum atomic E-state index is 0.657. The van der Waals surface area contributed by atoms with E-state index in [9.17, 15) is 0 Å². The third kappa shape index (κ3) is 1.81. The highest BCUT2D eigenvalue weighted by Crippen LogP contribution is 2.42. The van der Waals surface area contributed by atoms with Crippen molar-refractivity contribution >= 4 is 0 Å². The van der Waals surface area contributed by atoms with Crippen LogP contribution in [0.1, 0.15) is 40.5 Å². The van der Waals surface area contributed by atoms with E-state index in [-0.39, 0.29) is 0 Å². The molecule has 0 saturated heterocycles. The van der Waals surface area contributed by atoms with Crippen LogP contribution >= 0.6 is 0 Å². The summed E-state index contributed by atoms with van der Waals surface area (Å²) in [4.78, 5) is 0. The van der Waals surface area contributed by atoms with Crippen molar-refractivity contribution in [3.05, 3.63) is 46.6 Å². The van der Waals surface area contributed by atoms with Gasteiger partial charge in [0.05, 0.1) is 0 Å². The lowest BCUT2D eigenvalue weighted by molar-refractivity contribution is 0.415. The van der Waals surface area contributed by atoms with Gasteiger partial charge in [-0.25, -0.2) is 0 Å². The molecule has 86 valence electrons. The first-order valence-electron chi connectivity index (χ1n) is 6.38. The molecule has 0 nitrogen and oxygen atoms in total. The summed E-state index contributed by atoms with van der Waals surface area (Å²) in [5, 5.41) is 0. The lowest BCUT2D eigenvalue weighted by atomic mass is 9.73. The molecule has 0 aliphatic heterocycles. The Morgan fingerprint density at radius 2 is 1.94 bits per heavy atom. The molecule has 0 spiro atoms. The van der Waals surface area contributed by atoms with E-state index in [2.05, 4.69) is 52.0 Å². The number of fused-ring (bicyclic) bond motifs is 1. The molecule has 0 aromatic rings. The van der Waals surface area contributed by atoms with Gasteiger partial charge in [-0.3, -0.25) is 0 Å². The molecule has 2 rings (SSSR count). The Morgan fingerprint density at radius 3 is 2.62 bits per heavy atom. The van der Waals surface area contributed by atoms with E-state index in [0.717, 1.165) is 5.92 Å². The Labute approximate surface area is 99.4 Å². The molecule has 0 saturated carbocycles. The van der Waals surface area contributed by atoms with E-state index >= 15 is 0 Å². The summed E-state index contributed by atoms with van der Waals surface area (Å²) in [5.41, 5.74) is 6.04. The molecule has 0 radical (unpaired) electrons. The van der Waals surface area contributed by atoms with Gasteiger partial charge in [0.15, 0.2) is 0 Å². The van der Waals surface area contributed by atoms with Crippen LogP contribution in [-0.2, 0) is 0 Å². The van der Waals surface area contributed by atoms with Crippen LogP contribution in [0.2, 0.25) is 0 Å². The van der Waals surface area contributed by atoms with E-state index in [0.29, 0.717) is 5.92 Å². The minimum absolute atomic E-state index is 0.657. The van der Waals surface area contributed by atoms with Gasteiger partial charge in [-0.05, 0) is 49.8 Å². The summed E-state index contributed by atoms with van der Waals surface area (Å²) in [6.07, 6.45) is 11.7. The summed E-state index contributed by atoms with van der Waals surface area (Å²) in [7, 11) is 0. The highest BCUT2D eigenvalue weighted by atomic mass is 14.3. The van der Waals surface area contributed by atoms with Crippen LogP contribution in [0, 0.1) is 11.8 Å². The predicted octanol–water partition coefficient (Wildman–Crippen LogP) is 4.81. The molecule has 2 atom stereocenters. The normalized spacial score (nSPS) is 29.5. The Morgan fingerprint density at radius 1 is 1.19 bits per heavy atom. The minimum Gasteiger partial charge on any atom is -0.0840 e. The smallest absolute Gasteiger partial charge is 0.00848 e. The summed E-state index contributed by atoms with van der Waals surface area (Å²) in [6, 6.07) is 0. The van der Waals surface area contributed by atoms with Crippen LogP contribution in [0.15, 0.2) is 46.6 Å². The fourth-order valence-corrected chi connectivity index (χ4v) is 3.13. The Balaban J connectivity index is 2.52. The van der Waals surface area contributed by atoms with Crippen molar-refractivity contribution in [1.82, 2.24) is 0 Å². The summed E-state index contributed by atoms with van der Waals surface area (Å²) in [5.74, 6) is 1.44. The van der Waals surface area contributed by atoms with Crippen molar-refractivity contribution < 1.29 is 0 Å². The van der Waals surface area contributed by atoms with E-state index in [4.69, 9.17) is 0 Å². The topological polar surface area (TPSA) is 0 Å². The fraction of sp³-hybridized carbons (Fsp3) is 0.500. The first-order valence-corrected chi connectivity index (χ1v) is 6.38. The Hall–Kier alpha value is -1.04. The maximum Gasteiger partial charge on any atom is 0.00848 e. The second kappa shape index (κ2) is 4.45. The van der Waals surface area contributed by atoms with Crippen LogP contribution in [0.5, 0.6) is 0 Å². The van der Waals surface area contributed by atoms with Gasteiger partial charge >= 0.3 is 0 Å². The van der Waals surface area contributed by atoms with E-state index in [1.165, 1.54) is 29.6 Å². The average molecular weight is 214 g/mol. The molecule has 0 aromatic carbocycles. The summed E-state index contributed by atoms with van der Waals surface area (Å²) < 4.78 is 0. The first kappa shape index (κ1) is 11.4. The molecule has 0 heterocycles. The Kier molecular flexibility index (Phi) is 3.18. The van der Waals surface area contributed by atoms with Crippen molar-refractivity contribution in [2.24, 2.45) is 11.8 Å². The van der Waals surface area contributed by atoms with Gasteiger partial charge in [-0.2, -0.15) is 0 Å². The van der Waals surface area contributed by atoms with E-state index in [1.807, 2.05) is 0 Å². The zero-order valence-electron chi connectivity index (χ0n) is 10.9. The number of allylic oxidation sites excluding steroid dienone is 8. The molecule has 0 heteroatoms. The van der Waals surface area contributed by atoms with Crippen LogP contribution < -0.4 is 0 Å². The van der Waals surface area contributed by atoms with Gasteiger partial charge in [0, 0.05) is 5.92 Å². The molecule has 0 amide bonds. The van der Waals surface area contributed by atoms with Crippen molar-refractivity contribution in [3.63, 3.8) is 0 Å². The quantitative estimate of drug-likeness (QED) is 0.587. The highest BCUT2D eigenvalue weighted by molar-refractivity contribution is 5.49. The van der Waals surface area contributed by atoms with Crippen molar-refractivity contribution in [1.29, 1.82) is 0 Å². The number of hydrogen-bond donors (Lipinski definition) is 0. The maximum absolute atomic E-state index is 2.36. The highest BCUT2D eigenvalue weighted by Gasteiger charge is 2.29. The van der Waals surface area contributed by atoms with Crippen molar-refractivity contribution in [3.8, 4) is 0 Å². The van der Waals surface area contributed by atoms with E-state index in [1.54, 1.807) is 5.57 Å². The van der Waals surface area contributed by atoms with Crippen LogP contribution in [0.25, 0.3) is 0 Å². The van der Waals surface area contributed by atoms with Gasteiger partial charge in [0.1, 0.15) is 0 Å². The zero-order valence-corrected chi connectivity index (χ0v) is 10.9. The van der Waals surface area contributed by atoms with Gasteiger partial charge < -0.3 is 0 Å². The average Bonchev–Trinajstić information content (AvgIpc) is 2.43. The standard InChI is InChI=1S/C16H22/c1-5-14-8-6-7-11(2)15-12(3)9-10-13(4)16(14)15/h6-7,9-10,14,16H,5,8H2,1-4H3. The second-order valence-corrected chi connectivity index (χ2v) is 5.14. The van der Waals surface area contributed by atoms with Crippen molar-refractivity contribution in [2.75, 3.05) is 0 Å². The maximum atomic E-state index is 2.36. The van der Waals surface area contributed by atoms with Gasteiger partial charge in [0.2, 0.25) is 0 Å². The fourth-order valence-electron chi connectivity index (χ4n) is 3.13. The van der Waals surface area contributed by atoms with Crippen LogP contribution in [0.3, 0.4) is 0 Å². The molecular formula is C16H22. The third-order valence-corrected chi connectivity index (χ3v) is 4.05. The Bertz CT molecular complexity index is 402. The zero-order chi connectivity index (χ0) is 11.7. The summed E-state index contributed by atoms with van der Waals surface area (Å²) in [6.45, 7) is 9.11. The monoisotopic (exact) mass is 214 g/mol. The number of hydrogen-bond acceptors (Lipinski definition) is 0. The van der Waals surface area contributed by atoms with Gasteiger partial charge in [-0.15, -0.1) is 0 Å². The molecule has 2 aliphatic rings. The van der Waals surface area contributed by atoms with E-state index < -0.39 is 0 Å². The molecule has 16 heavy (non-hydrogen) atoms. The molecular weight excluding hydrogens is 192 g/mol.